The molecule has 0 aromatic heterocycles. The summed E-state index contributed by atoms with van der Waals surface area (Å²) in [7, 11) is 3.86. The summed E-state index contributed by atoms with van der Waals surface area (Å²) in [6, 6.07) is 4.80. The molecule has 0 saturated carbocycles. The monoisotopic (exact) mass is 377 g/mol. The molecule has 1 atom stereocenters. The van der Waals surface area contributed by atoms with Gasteiger partial charge in [-0.15, -0.1) is 0 Å². The average Bonchev–Trinajstić information content (AvgIpc) is 3.27. The molecule has 3 amide bonds. The van der Waals surface area contributed by atoms with E-state index in [0.717, 1.165) is 29.8 Å². The van der Waals surface area contributed by atoms with Crippen LogP contribution < -0.4 is 5.32 Å². The molecule has 8 heteroatoms. The first-order valence-corrected chi connectivity index (χ1v) is 9.30. The van der Waals surface area contributed by atoms with Crippen molar-refractivity contribution in [3.63, 3.8) is 0 Å². The summed E-state index contributed by atoms with van der Waals surface area (Å²) < 4.78 is 5.52. The number of hydrogen-bond acceptors (Lipinski definition) is 5. The molecule has 3 aliphatic rings. The van der Waals surface area contributed by atoms with Crippen LogP contribution in [0.15, 0.2) is 18.2 Å². The third kappa shape index (κ3) is 3.71. The third-order valence-corrected chi connectivity index (χ3v) is 5.20. The Bertz CT molecular complexity index is 933. The Labute approximate surface area is 164 Å². The second-order valence-corrected chi connectivity index (χ2v) is 7.07. The molecule has 1 aromatic rings. The Morgan fingerprint density at radius 2 is 2.07 bits per heavy atom. The van der Waals surface area contributed by atoms with Crippen LogP contribution in [0.4, 0.5) is 0 Å². The third-order valence-electron chi connectivity index (χ3n) is 5.20. The summed E-state index contributed by atoms with van der Waals surface area (Å²) in [4.78, 5) is 39.9. The van der Waals surface area contributed by atoms with Gasteiger partial charge < -0.3 is 0 Å². The minimum atomic E-state index is -0.617. The molecule has 0 radical (unpaired) electrons. The number of benzene rings is 1. The van der Waals surface area contributed by atoms with Crippen molar-refractivity contribution in [2.75, 3.05) is 26.3 Å². The number of fused-ring (bicyclic) bond motifs is 1. The summed E-state index contributed by atoms with van der Waals surface area (Å²) >= 11 is 0. The van der Waals surface area contributed by atoms with Crippen molar-refractivity contribution in [2.24, 2.45) is 0 Å². The number of imide groups is 1. The Morgan fingerprint density at radius 1 is 1.25 bits per heavy atom. The number of amides is 3. The summed E-state index contributed by atoms with van der Waals surface area (Å²) in [6.45, 7) is 3.01. The second-order valence-electron chi connectivity index (χ2n) is 7.07. The molecular formula is C20H20BN3O4. The zero-order valence-electron chi connectivity index (χ0n) is 15.5. The van der Waals surface area contributed by atoms with Gasteiger partial charge in [0.25, 0.3) is 0 Å². The van der Waals surface area contributed by atoms with Crippen molar-refractivity contribution in [3.8, 4) is 11.8 Å². The minimum Gasteiger partial charge on any atom is -0.295 e. The number of carbonyl (C=O) groups excluding carboxylic acids is 3. The van der Waals surface area contributed by atoms with Gasteiger partial charge >= 0.3 is 113 Å². The van der Waals surface area contributed by atoms with E-state index in [0.29, 0.717) is 31.7 Å². The van der Waals surface area contributed by atoms with Crippen LogP contribution in [0, 0.1) is 11.8 Å². The smallest absolute Gasteiger partial charge is 0.295 e. The van der Waals surface area contributed by atoms with Crippen LogP contribution in [0.5, 0.6) is 0 Å². The maximum absolute atomic E-state index is 12.8. The predicted octanol–water partition coefficient (Wildman–Crippen LogP) is -0.838. The molecule has 0 aliphatic carbocycles. The van der Waals surface area contributed by atoms with E-state index >= 15 is 0 Å². The van der Waals surface area contributed by atoms with Crippen molar-refractivity contribution in [3.05, 3.63) is 34.9 Å². The van der Waals surface area contributed by atoms with Crippen LogP contribution in [-0.4, -0.2) is 72.9 Å². The zero-order chi connectivity index (χ0) is 19.7. The Balaban J connectivity index is 1.40. The molecule has 1 aromatic carbocycles. The van der Waals surface area contributed by atoms with E-state index in [-0.39, 0.29) is 18.2 Å². The summed E-state index contributed by atoms with van der Waals surface area (Å²) in [5, 5.41) is 2.31. The van der Waals surface area contributed by atoms with E-state index in [1.807, 2.05) is 6.07 Å². The first-order chi connectivity index (χ1) is 13.5. The predicted molar refractivity (Wildman–Crippen MR) is 104 cm³/mol. The Hall–Kier alpha value is -2.92. The normalized spacial score (nSPS) is 20.6. The van der Waals surface area contributed by atoms with E-state index < -0.39 is 11.9 Å². The number of hydrogen-bond donors (Lipinski definition) is 1. The van der Waals surface area contributed by atoms with Crippen LogP contribution in [0.25, 0.3) is 0 Å². The molecule has 2 fully saturated rings. The van der Waals surface area contributed by atoms with Crippen molar-refractivity contribution >= 4 is 30.8 Å². The standard InChI is InChI=1S/C20H20BN3O4/c21-17-12-23(17)8-10-28-9-2-4-13-3-1-5-14-15(13)11-24(20(14)27)16-6-7-18(25)22-19(16)26/h1,3,5,16,21H,6-12H2,(H,22,25,26). The van der Waals surface area contributed by atoms with Crippen LogP contribution in [0.1, 0.15) is 34.3 Å². The number of piperidine rings is 1. The molecule has 2 saturated heterocycles. The van der Waals surface area contributed by atoms with Crippen molar-refractivity contribution in [2.45, 2.75) is 25.4 Å². The number of ether oxygens (including phenoxy) is 1. The number of rotatable bonds is 5. The van der Waals surface area contributed by atoms with Gasteiger partial charge in [0.15, 0.2) is 0 Å². The minimum absolute atomic E-state index is 0.192. The second kappa shape index (κ2) is 7.60. The average molecular weight is 377 g/mol. The maximum atomic E-state index is 12.8. The van der Waals surface area contributed by atoms with Crippen molar-refractivity contribution in [1.82, 2.24) is 15.1 Å². The molecule has 3 heterocycles. The van der Waals surface area contributed by atoms with Gasteiger partial charge in [-0.1, -0.05) is 0 Å². The first-order valence-electron chi connectivity index (χ1n) is 9.30. The molecule has 1 unspecified atom stereocenters. The van der Waals surface area contributed by atoms with E-state index in [1.165, 1.54) is 4.90 Å². The Morgan fingerprint density at radius 3 is 2.82 bits per heavy atom. The van der Waals surface area contributed by atoms with E-state index in [9.17, 15) is 14.4 Å². The Kier molecular flexibility index (Phi) is 5.01. The molecule has 4 rings (SSSR count). The molecule has 3 aliphatic heterocycles. The molecule has 1 N–H and O–H groups in total. The number of nitrogens with one attached hydrogen (secondary N) is 1. The fourth-order valence-corrected chi connectivity index (χ4v) is 3.55. The van der Waals surface area contributed by atoms with Crippen molar-refractivity contribution < 1.29 is 19.1 Å². The molecule has 28 heavy (non-hydrogen) atoms. The number of nitrogens with zero attached hydrogens (tertiary/aromatic N) is 2. The van der Waals surface area contributed by atoms with Gasteiger partial charge in [0.1, 0.15) is 6.04 Å². The van der Waals surface area contributed by atoms with Gasteiger partial charge in [0, 0.05) is 6.42 Å². The number of carbonyl (C=O) groups is 3. The fraction of sp³-hybridized carbons (Fsp3) is 0.400. The van der Waals surface area contributed by atoms with Crippen LogP contribution in [0.2, 0.25) is 0 Å². The van der Waals surface area contributed by atoms with Crippen molar-refractivity contribution in [1.29, 1.82) is 0 Å². The SMILES string of the molecule is B=C1CN1CCOCC#Cc1cccc2c1CN(C1CCC(=O)NC1=O)C2=O. The van der Waals surface area contributed by atoms with Crippen LogP contribution >= 0.6 is 0 Å². The van der Waals surface area contributed by atoms with Gasteiger partial charge in [0.05, 0.1) is 0 Å². The van der Waals surface area contributed by atoms with Gasteiger partial charge in [0.2, 0.25) is 11.8 Å². The van der Waals surface area contributed by atoms with E-state index in [2.05, 4.69) is 29.5 Å². The van der Waals surface area contributed by atoms with Gasteiger partial charge in [-0.3, -0.25) is 19.7 Å². The molecular weight excluding hydrogens is 357 g/mol. The molecule has 7 nitrogen and oxygen atoms in total. The molecule has 0 spiro atoms. The molecule has 142 valence electrons. The van der Waals surface area contributed by atoms with E-state index in [4.69, 9.17) is 4.74 Å². The molecule has 0 bridgehead atoms. The topological polar surface area (TPSA) is 78.7 Å². The first kappa shape index (κ1) is 18.4. The fourth-order valence-electron chi connectivity index (χ4n) is 3.55. The summed E-state index contributed by atoms with van der Waals surface area (Å²) in [5.74, 6) is 5.18. The quantitative estimate of drug-likeness (QED) is 0.238. The van der Waals surface area contributed by atoms with Gasteiger partial charge in [-0.05, 0) is 6.42 Å². The van der Waals surface area contributed by atoms with Gasteiger partial charge in [-0.2, -0.15) is 0 Å². The van der Waals surface area contributed by atoms with E-state index in [1.54, 1.807) is 12.1 Å². The van der Waals surface area contributed by atoms with Crippen LogP contribution in [0.3, 0.4) is 0 Å². The summed E-state index contributed by atoms with van der Waals surface area (Å²) in [5.41, 5.74) is 3.30. The van der Waals surface area contributed by atoms with Gasteiger partial charge in [-0.25, -0.2) is 0 Å². The van der Waals surface area contributed by atoms with Crippen LogP contribution in [-0.2, 0) is 20.9 Å². The summed E-state index contributed by atoms with van der Waals surface area (Å²) in [6.07, 6.45) is 0.591. The zero-order valence-corrected chi connectivity index (χ0v) is 15.5.